The zero-order valence-electron chi connectivity index (χ0n) is 8.54. The third-order valence-corrected chi connectivity index (χ3v) is 2.02. The molecule has 15 heavy (non-hydrogen) atoms. The maximum atomic E-state index is 9.14. The minimum absolute atomic E-state index is 0.0993. The Labute approximate surface area is 89.6 Å². The summed E-state index contributed by atoms with van der Waals surface area (Å²) in [6.07, 6.45) is 0.586. The highest BCUT2D eigenvalue weighted by Gasteiger charge is 2.09. The number of aliphatic hydroxyl groups is 2. The molecule has 0 aliphatic rings. The molecule has 0 bridgehead atoms. The molecule has 0 saturated carbocycles. The number of benzene rings is 1. The summed E-state index contributed by atoms with van der Waals surface area (Å²) in [4.78, 5) is 0. The normalized spacial score (nSPS) is 14.5. The van der Waals surface area contributed by atoms with Crippen molar-refractivity contribution >= 4 is 0 Å². The Morgan fingerprint density at radius 3 is 2.53 bits per heavy atom. The van der Waals surface area contributed by atoms with Gasteiger partial charge in [0.05, 0.1) is 13.2 Å². The predicted octanol–water partition coefficient (Wildman–Crippen LogP) is 1.28. The number of aliphatic hydroxyl groups excluding tert-OH is 2. The highest BCUT2D eigenvalue weighted by molar-refractivity contribution is 5.20. The van der Waals surface area contributed by atoms with E-state index in [-0.39, 0.29) is 19.3 Å². The first kappa shape index (κ1) is 11.9. The molecule has 0 fully saturated rings. The van der Waals surface area contributed by atoms with E-state index in [9.17, 15) is 0 Å². The summed E-state index contributed by atoms with van der Waals surface area (Å²) >= 11 is 0. The highest BCUT2D eigenvalue weighted by atomic mass is 16.5. The largest absolute Gasteiger partial charge is 0.394 e. The quantitative estimate of drug-likeness (QED) is 0.692. The van der Waals surface area contributed by atoms with Crippen molar-refractivity contribution in [2.24, 2.45) is 0 Å². The van der Waals surface area contributed by atoms with Crippen LogP contribution in [0.5, 0.6) is 0 Å². The van der Waals surface area contributed by atoms with Gasteiger partial charge in [-0.3, -0.25) is 0 Å². The Hall–Kier alpha value is -1.16. The molecule has 3 heteroatoms. The molecular weight excluding hydrogens is 192 g/mol. The van der Waals surface area contributed by atoms with E-state index in [0.29, 0.717) is 0 Å². The lowest BCUT2D eigenvalue weighted by Gasteiger charge is -2.16. The van der Waals surface area contributed by atoms with E-state index in [1.807, 2.05) is 30.3 Å². The Morgan fingerprint density at radius 1 is 1.33 bits per heavy atom. The topological polar surface area (TPSA) is 49.7 Å². The number of hydrogen-bond acceptors (Lipinski definition) is 3. The number of rotatable bonds is 6. The number of ether oxygens (including phenoxy) is 1. The maximum Gasteiger partial charge on any atom is 0.100 e. The van der Waals surface area contributed by atoms with E-state index >= 15 is 0 Å². The van der Waals surface area contributed by atoms with Crippen LogP contribution in [0.25, 0.3) is 0 Å². The lowest BCUT2D eigenvalue weighted by atomic mass is 10.1. The van der Waals surface area contributed by atoms with Gasteiger partial charge in [0, 0.05) is 0 Å². The second-order valence-corrected chi connectivity index (χ2v) is 3.24. The second kappa shape index (κ2) is 6.35. The molecule has 2 atom stereocenters. The van der Waals surface area contributed by atoms with Crippen LogP contribution in [0, 0.1) is 0 Å². The average Bonchev–Trinajstić information content (AvgIpc) is 2.31. The lowest BCUT2D eigenvalue weighted by Crippen LogP contribution is -2.20. The molecule has 0 heterocycles. The van der Waals surface area contributed by atoms with Gasteiger partial charge in [0.15, 0.2) is 0 Å². The van der Waals surface area contributed by atoms with Crippen LogP contribution >= 0.6 is 0 Å². The molecule has 3 nitrogen and oxygen atoms in total. The standard InChI is InChI=1S/C12H16O3/c1-2-12(15-9-11(14)8-13)10-6-4-3-5-7-10/h2-7,11-14H,1,8-9H2. The monoisotopic (exact) mass is 208 g/mol. The van der Waals surface area contributed by atoms with Crippen molar-refractivity contribution in [3.63, 3.8) is 0 Å². The molecule has 0 aliphatic carbocycles. The van der Waals surface area contributed by atoms with Gasteiger partial charge in [0.25, 0.3) is 0 Å². The van der Waals surface area contributed by atoms with Crippen molar-refractivity contribution in [3.05, 3.63) is 48.6 Å². The van der Waals surface area contributed by atoms with E-state index in [4.69, 9.17) is 14.9 Å². The Balaban J connectivity index is 2.53. The van der Waals surface area contributed by atoms with Crippen LogP contribution < -0.4 is 0 Å². The molecular formula is C12H16O3. The van der Waals surface area contributed by atoms with Crippen LogP contribution in [0.3, 0.4) is 0 Å². The van der Waals surface area contributed by atoms with Crippen LogP contribution in [0.1, 0.15) is 11.7 Å². The minimum Gasteiger partial charge on any atom is -0.394 e. The molecule has 82 valence electrons. The molecule has 0 saturated heterocycles. The van der Waals surface area contributed by atoms with E-state index in [0.717, 1.165) is 5.56 Å². The Kier molecular flexibility index (Phi) is 5.04. The summed E-state index contributed by atoms with van der Waals surface area (Å²) in [6, 6.07) is 9.61. The SMILES string of the molecule is C=CC(OCC(O)CO)c1ccccc1. The molecule has 1 rings (SSSR count). The van der Waals surface area contributed by atoms with Crippen molar-refractivity contribution in [1.29, 1.82) is 0 Å². The number of hydrogen-bond donors (Lipinski definition) is 2. The van der Waals surface area contributed by atoms with Crippen LogP contribution in [0.2, 0.25) is 0 Å². The summed E-state index contributed by atoms with van der Waals surface area (Å²) in [6.45, 7) is 3.48. The maximum absolute atomic E-state index is 9.14. The Bertz CT molecular complexity index is 284. The van der Waals surface area contributed by atoms with Crippen LogP contribution in [0.4, 0.5) is 0 Å². The first-order valence-electron chi connectivity index (χ1n) is 4.86. The van der Waals surface area contributed by atoms with Crippen molar-refractivity contribution in [1.82, 2.24) is 0 Å². The predicted molar refractivity (Wildman–Crippen MR) is 58.4 cm³/mol. The van der Waals surface area contributed by atoms with Crippen LogP contribution in [-0.4, -0.2) is 29.5 Å². The molecule has 2 N–H and O–H groups in total. The van der Waals surface area contributed by atoms with Gasteiger partial charge in [-0.25, -0.2) is 0 Å². The van der Waals surface area contributed by atoms with E-state index in [1.54, 1.807) is 6.08 Å². The van der Waals surface area contributed by atoms with Gasteiger partial charge in [-0.1, -0.05) is 36.4 Å². The molecule has 2 unspecified atom stereocenters. The smallest absolute Gasteiger partial charge is 0.100 e. The fraction of sp³-hybridized carbons (Fsp3) is 0.333. The van der Waals surface area contributed by atoms with Gasteiger partial charge in [-0.2, -0.15) is 0 Å². The molecule has 1 aromatic carbocycles. The summed E-state index contributed by atoms with van der Waals surface area (Å²) in [5.41, 5.74) is 0.984. The van der Waals surface area contributed by atoms with E-state index in [2.05, 4.69) is 6.58 Å². The third kappa shape index (κ3) is 3.83. The molecule has 0 aliphatic heterocycles. The third-order valence-electron chi connectivity index (χ3n) is 2.02. The van der Waals surface area contributed by atoms with Crippen molar-refractivity contribution < 1.29 is 14.9 Å². The summed E-state index contributed by atoms with van der Waals surface area (Å²) in [5.74, 6) is 0. The first-order chi connectivity index (χ1) is 7.27. The van der Waals surface area contributed by atoms with Gasteiger partial charge >= 0.3 is 0 Å². The molecule has 0 aromatic heterocycles. The van der Waals surface area contributed by atoms with Gasteiger partial charge in [-0.05, 0) is 5.56 Å². The molecule has 0 amide bonds. The fourth-order valence-corrected chi connectivity index (χ4v) is 1.21. The first-order valence-corrected chi connectivity index (χ1v) is 4.86. The van der Waals surface area contributed by atoms with Crippen LogP contribution in [-0.2, 0) is 4.74 Å². The summed E-state index contributed by atoms with van der Waals surface area (Å²) in [5, 5.41) is 17.8. The second-order valence-electron chi connectivity index (χ2n) is 3.24. The molecule has 0 spiro atoms. The van der Waals surface area contributed by atoms with Gasteiger partial charge in [-0.15, -0.1) is 6.58 Å². The van der Waals surface area contributed by atoms with Crippen molar-refractivity contribution in [2.75, 3.05) is 13.2 Å². The van der Waals surface area contributed by atoms with E-state index in [1.165, 1.54) is 0 Å². The summed E-state index contributed by atoms with van der Waals surface area (Å²) in [7, 11) is 0. The van der Waals surface area contributed by atoms with Crippen molar-refractivity contribution in [3.8, 4) is 0 Å². The zero-order chi connectivity index (χ0) is 11.1. The van der Waals surface area contributed by atoms with Gasteiger partial charge in [0.2, 0.25) is 0 Å². The van der Waals surface area contributed by atoms with Crippen molar-refractivity contribution in [2.45, 2.75) is 12.2 Å². The Morgan fingerprint density at radius 2 is 2.00 bits per heavy atom. The highest BCUT2D eigenvalue weighted by Crippen LogP contribution is 2.17. The lowest BCUT2D eigenvalue weighted by molar-refractivity contribution is -0.0145. The molecule has 1 aromatic rings. The minimum atomic E-state index is -0.837. The zero-order valence-corrected chi connectivity index (χ0v) is 8.54. The van der Waals surface area contributed by atoms with Crippen LogP contribution in [0.15, 0.2) is 43.0 Å². The molecule has 0 radical (unpaired) electrons. The van der Waals surface area contributed by atoms with Gasteiger partial charge in [0.1, 0.15) is 12.2 Å². The van der Waals surface area contributed by atoms with E-state index < -0.39 is 6.10 Å². The van der Waals surface area contributed by atoms with Gasteiger partial charge < -0.3 is 14.9 Å². The fourth-order valence-electron chi connectivity index (χ4n) is 1.21. The summed E-state index contributed by atoms with van der Waals surface area (Å²) < 4.78 is 5.40. The average molecular weight is 208 g/mol.